The number of hydrogen-bond donors (Lipinski definition) is 4. The van der Waals surface area contributed by atoms with Gasteiger partial charge in [0.15, 0.2) is 0 Å². The number of hydrogen-bond acceptors (Lipinski definition) is 4. The molecular formula is C20H38O8P2. The van der Waals surface area contributed by atoms with E-state index in [2.05, 4.69) is 21.2 Å². The molecule has 30 heavy (non-hydrogen) atoms. The van der Waals surface area contributed by atoms with E-state index in [1.807, 2.05) is 41.5 Å². The van der Waals surface area contributed by atoms with Crippen molar-refractivity contribution in [2.45, 2.75) is 67.2 Å². The molecule has 0 rings (SSSR count). The fourth-order valence-corrected chi connectivity index (χ4v) is 2.47. The third kappa shape index (κ3) is 29.4. The first-order valence-corrected chi connectivity index (χ1v) is 12.7. The second kappa shape index (κ2) is 16.8. The van der Waals surface area contributed by atoms with Gasteiger partial charge in [-0.3, -0.25) is 9.05 Å². The largest absolute Gasteiger partial charge is 0.469 e. The Morgan fingerprint density at radius 3 is 1.17 bits per heavy atom. The maximum absolute atomic E-state index is 10.3. The third-order valence-corrected chi connectivity index (χ3v) is 4.50. The van der Waals surface area contributed by atoms with Gasteiger partial charge in [-0.25, -0.2) is 9.13 Å². The highest BCUT2D eigenvalue weighted by atomic mass is 31.2. The van der Waals surface area contributed by atoms with Crippen molar-refractivity contribution >= 4 is 15.6 Å². The minimum absolute atomic E-state index is 0.0368. The fraction of sp³-hybridized carbons (Fsp3) is 0.600. The van der Waals surface area contributed by atoms with Crippen molar-refractivity contribution in [3.8, 4) is 0 Å². The van der Waals surface area contributed by atoms with E-state index in [0.717, 1.165) is 36.8 Å². The Hall–Kier alpha value is -0.820. The van der Waals surface area contributed by atoms with Gasteiger partial charge < -0.3 is 19.6 Å². The zero-order chi connectivity index (χ0) is 23.8. The molecule has 0 aromatic carbocycles. The molecule has 0 aliphatic carbocycles. The minimum Gasteiger partial charge on any atom is -0.303 e. The fourth-order valence-electron chi connectivity index (χ4n) is 1.93. The molecule has 0 unspecified atom stereocenters. The molecule has 0 heterocycles. The van der Waals surface area contributed by atoms with Crippen molar-refractivity contribution in [2.75, 3.05) is 13.2 Å². The molecule has 0 radical (unpaired) electrons. The predicted molar refractivity (Wildman–Crippen MR) is 121 cm³/mol. The standard InChI is InChI=1S/2C10H19O4P/c2*1-9(2)5-4-6-10(3)7-8-14-15(11,12)13/h2*5,7H,4,6,8H2,1-3H3,(H2,11,12,13)/b2*10-7+. The highest BCUT2D eigenvalue weighted by Gasteiger charge is 2.12. The first-order chi connectivity index (χ1) is 13.6. The summed E-state index contributed by atoms with van der Waals surface area (Å²) < 4.78 is 29.3. The molecule has 0 aliphatic heterocycles. The number of phosphoric ester groups is 2. The van der Waals surface area contributed by atoms with Crippen LogP contribution in [0, 0.1) is 0 Å². The maximum atomic E-state index is 10.3. The molecule has 0 saturated heterocycles. The van der Waals surface area contributed by atoms with Crippen molar-refractivity contribution in [2.24, 2.45) is 0 Å². The van der Waals surface area contributed by atoms with E-state index < -0.39 is 15.6 Å². The molecule has 0 saturated carbocycles. The topological polar surface area (TPSA) is 134 Å². The summed E-state index contributed by atoms with van der Waals surface area (Å²) in [6, 6.07) is 0. The van der Waals surface area contributed by atoms with Gasteiger partial charge in [-0.2, -0.15) is 0 Å². The lowest BCUT2D eigenvalue weighted by Gasteiger charge is -2.03. The van der Waals surface area contributed by atoms with Crippen LogP contribution in [0.1, 0.15) is 67.2 Å². The first-order valence-electron chi connectivity index (χ1n) is 9.60. The Morgan fingerprint density at radius 2 is 0.933 bits per heavy atom. The quantitative estimate of drug-likeness (QED) is 0.216. The van der Waals surface area contributed by atoms with Gasteiger partial charge in [0.25, 0.3) is 0 Å². The van der Waals surface area contributed by atoms with Crippen LogP contribution >= 0.6 is 15.6 Å². The maximum Gasteiger partial charge on any atom is 0.469 e. The van der Waals surface area contributed by atoms with Crippen molar-refractivity contribution in [3.05, 3.63) is 46.6 Å². The second-order valence-electron chi connectivity index (χ2n) is 7.31. The van der Waals surface area contributed by atoms with Crippen molar-refractivity contribution in [3.63, 3.8) is 0 Å². The van der Waals surface area contributed by atoms with Gasteiger partial charge in [-0.15, -0.1) is 0 Å². The molecule has 0 fully saturated rings. The van der Waals surface area contributed by atoms with Crippen LogP contribution in [0.2, 0.25) is 0 Å². The molecule has 4 N–H and O–H groups in total. The highest BCUT2D eigenvalue weighted by Crippen LogP contribution is 2.36. The van der Waals surface area contributed by atoms with E-state index >= 15 is 0 Å². The average molecular weight is 468 g/mol. The predicted octanol–water partition coefficient (Wildman–Crippen LogP) is 5.58. The molecule has 0 bridgehead atoms. The summed E-state index contributed by atoms with van der Waals surface area (Å²) in [7, 11) is -8.64. The van der Waals surface area contributed by atoms with Gasteiger partial charge in [0.05, 0.1) is 13.2 Å². The molecule has 0 amide bonds. The van der Waals surface area contributed by atoms with Gasteiger partial charge in [0.1, 0.15) is 0 Å². The minimum atomic E-state index is -4.32. The Balaban J connectivity index is 0. The SMILES string of the molecule is CC(C)=CCC/C(C)=C/COP(=O)(O)O.CC(C)=CCC/C(C)=C/COP(=O)(O)O. The van der Waals surface area contributed by atoms with Crippen LogP contribution in [0.4, 0.5) is 0 Å². The lowest BCUT2D eigenvalue weighted by molar-refractivity contribution is 0.213. The molecule has 0 aliphatic rings. The lowest BCUT2D eigenvalue weighted by Crippen LogP contribution is -1.89. The normalized spacial score (nSPS) is 12.7. The molecule has 0 aromatic rings. The Kier molecular flexibility index (Phi) is 17.6. The Morgan fingerprint density at radius 1 is 0.633 bits per heavy atom. The van der Waals surface area contributed by atoms with Crippen molar-refractivity contribution in [1.29, 1.82) is 0 Å². The van der Waals surface area contributed by atoms with Crippen molar-refractivity contribution < 1.29 is 37.8 Å². The van der Waals surface area contributed by atoms with Gasteiger partial charge in [-0.05, 0) is 67.2 Å². The first kappa shape index (κ1) is 31.4. The van der Waals surface area contributed by atoms with E-state index in [4.69, 9.17) is 19.6 Å². The van der Waals surface area contributed by atoms with Crippen LogP contribution in [0.25, 0.3) is 0 Å². The van der Waals surface area contributed by atoms with Gasteiger partial charge in [-0.1, -0.05) is 46.6 Å². The molecule has 0 aromatic heterocycles. The van der Waals surface area contributed by atoms with Crippen LogP contribution < -0.4 is 0 Å². The Labute approximate surface area is 180 Å². The van der Waals surface area contributed by atoms with Crippen LogP contribution in [0.3, 0.4) is 0 Å². The number of phosphoric acid groups is 2. The molecule has 0 spiro atoms. The van der Waals surface area contributed by atoms with Crippen LogP contribution in [0.15, 0.2) is 46.6 Å². The summed E-state index contributed by atoms with van der Waals surface area (Å²) in [6.45, 7) is 11.9. The van der Waals surface area contributed by atoms with Crippen molar-refractivity contribution in [1.82, 2.24) is 0 Å². The molecule has 176 valence electrons. The molecule has 8 nitrogen and oxygen atoms in total. The summed E-state index contributed by atoms with van der Waals surface area (Å²) in [5, 5.41) is 0. The summed E-state index contributed by atoms with van der Waals surface area (Å²) in [5.74, 6) is 0. The summed E-state index contributed by atoms with van der Waals surface area (Å²) in [5.41, 5.74) is 4.69. The Bertz CT molecular complexity index is 628. The van der Waals surface area contributed by atoms with E-state index in [-0.39, 0.29) is 13.2 Å². The zero-order valence-corrected chi connectivity index (χ0v) is 20.7. The van der Waals surface area contributed by atoms with Crippen LogP contribution in [-0.4, -0.2) is 32.8 Å². The third-order valence-electron chi connectivity index (χ3n) is 3.53. The van der Waals surface area contributed by atoms with Gasteiger partial charge in [0, 0.05) is 0 Å². The summed E-state index contributed by atoms with van der Waals surface area (Å²) in [6.07, 6.45) is 11.3. The average Bonchev–Trinajstić information content (AvgIpc) is 2.52. The van der Waals surface area contributed by atoms with Crippen LogP contribution in [0.5, 0.6) is 0 Å². The number of allylic oxidation sites excluding steroid dienone is 6. The summed E-state index contributed by atoms with van der Waals surface area (Å²) >= 11 is 0. The second-order valence-corrected chi connectivity index (χ2v) is 9.79. The zero-order valence-electron chi connectivity index (χ0n) is 18.9. The molecular weight excluding hydrogens is 430 g/mol. The monoisotopic (exact) mass is 468 g/mol. The summed E-state index contributed by atoms with van der Waals surface area (Å²) in [4.78, 5) is 33.7. The lowest BCUT2D eigenvalue weighted by atomic mass is 10.1. The molecule has 0 atom stereocenters. The van der Waals surface area contributed by atoms with E-state index in [1.54, 1.807) is 12.2 Å². The van der Waals surface area contributed by atoms with E-state index in [0.29, 0.717) is 0 Å². The van der Waals surface area contributed by atoms with E-state index in [9.17, 15) is 9.13 Å². The van der Waals surface area contributed by atoms with Crippen LogP contribution in [-0.2, 0) is 18.2 Å². The smallest absolute Gasteiger partial charge is 0.303 e. The van der Waals surface area contributed by atoms with Gasteiger partial charge >= 0.3 is 15.6 Å². The molecule has 10 heteroatoms. The number of rotatable bonds is 12. The van der Waals surface area contributed by atoms with E-state index in [1.165, 1.54) is 11.1 Å². The van der Waals surface area contributed by atoms with Gasteiger partial charge in [0.2, 0.25) is 0 Å². The highest BCUT2D eigenvalue weighted by molar-refractivity contribution is 7.46.